The predicted octanol–water partition coefficient (Wildman–Crippen LogP) is 2.54. The van der Waals surface area contributed by atoms with E-state index in [9.17, 15) is 15.6 Å². The Hall–Kier alpha value is -2.26. The van der Waals surface area contributed by atoms with Crippen LogP contribution in [0.5, 0.6) is 5.75 Å². The summed E-state index contributed by atoms with van der Waals surface area (Å²) >= 11 is 0. The number of hydrogen-bond acceptors (Lipinski definition) is 3. The number of benzene rings is 1. The third kappa shape index (κ3) is 2.00. The molecule has 3 heteroatoms. The van der Waals surface area contributed by atoms with E-state index in [4.69, 9.17) is 0 Å². The highest BCUT2D eigenvalue weighted by molar-refractivity contribution is 5.33. The second kappa shape index (κ2) is 4.31. The van der Waals surface area contributed by atoms with Gasteiger partial charge in [0.15, 0.2) is 5.41 Å². The van der Waals surface area contributed by atoms with E-state index in [1.807, 2.05) is 12.2 Å². The molecule has 3 nitrogen and oxygen atoms in total. The van der Waals surface area contributed by atoms with Crippen LogP contribution in [0, 0.1) is 34.0 Å². The van der Waals surface area contributed by atoms with E-state index < -0.39 is 5.41 Å². The maximum Gasteiger partial charge on any atom is 0.154 e. The van der Waals surface area contributed by atoms with Gasteiger partial charge in [-0.15, -0.1) is 0 Å². The molecule has 0 radical (unpaired) electrons. The number of nitriles is 2. The average Bonchev–Trinajstić information content (AvgIpc) is 2.28. The van der Waals surface area contributed by atoms with Crippen LogP contribution in [-0.4, -0.2) is 5.11 Å². The Morgan fingerprint density at radius 3 is 2.24 bits per heavy atom. The average molecular weight is 224 g/mol. The van der Waals surface area contributed by atoms with Crippen LogP contribution in [0.25, 0.3) is 0 Å². The van der Waals surface area contributed by atoms with Gasteiger partial charge < -0.3 is 5.11 Å². The molecule has 1 aromatic carbocycles. The fraction of sp³-hybridized carbons (Fsp3) is 0.286. The zero-order chi connectivity index (χ0) is 12.3. The van der Waals surface area contributed by atoms with Crippen molar-refractivity contribution in [3.63, 3.8) is 0 Å². The molecule has 0 heterocycles. The van der Waals surface area contributed by atoms with Gasteiger partial charge in [0.25, 0.3) is 0 Å². The lowest BCUT2D eigenvalue weighted by molar-refractivity contribution is 0.356. The normalized spacial score (nSPS) is 17.9. The molecule has 0 amide bonds. The number of nitrogens with zero attached hydrogens (tertiary/aromatic N) is 2. The van der Waals surface area contributed by atoms with Gasteiger partial charge in [-0.05, 0) is 24.1 Å². The van der Waals surface area contributed by atoms with Crippen LogP contribution in [-0.2, 0) is 6.42 Å². The minimum atomic E-state index is -0.980. The van der Waals surface area contributed by atoms with Crippen LogP contribution in [0.1, 0.15) is 12.0 Å². The summed E-state index contributed by atoms with van der Waals surface area (Å²) in [6.45, 7) is 0. The molecule has 0 aromatic heterocycles. The second-order valence-electron chi connectivity index (χ2n) is 4.31. The molecule has 0 saturated carbocycles. The lowest BCUT2D eigenvalue weighted by Gasteiger charge is -2.30. The van der Waals surface area contributed by atoms with Gasteiger partial charge in [-0.25, -0.2) is 0 Å². The molecular formula is C14H12N2O. The highest BCUT2D eigenvalue weighted by Crippen LogP contribution is 2.38. The zero-order valence-corrected chi connectivity index (χ0v) is 9.30. The van der Waals surface area contributed by atoms with Crippen LogP contribution >= 0.6 is 0 Å². The topological polar surface area (TPSA) is 67.8 Å². The highest BCUT2D eigenvalue weighted by Gasteiger charge is 2.40. The number of phenols is 1. The SMILES string of the molecule is N#CC(C#N)(Cc1ccc(O)cc1)C1C=CC1. The summed E-state index contributed by atoms with van der Waals surface area (Å²) in [7, 11) is 0. The van der Waals surface area contributed by atoms with Crippen molar-refractivity contribution in [2.45, 2.75) is 12.8 Å². The van der Waals surface area contributed by atoms with Gasteiger partial charge in [0.2, 0.25) is 0 Å². The fourth-order valence-corrected chi connectivity index (χ4v) is 1.97. The van der Waals surface area contributed by atoms with Crippen LogP contribution < -0.4 is 0 Å². The third-order valence-electron chi connectivity index (χ3n) is 3.21. The van der Waals surface area contributed by atoms with E-state index in [0.717, 1.165) is 12.0 Å². The van der Waals surface area contributed by atoms with Gasteiger partial charge in [0.1, 0.15) is 5.75 Å². The van der Waals surface area contributed by atoms with E-state index in [1.54, 1.807) is 24.3 Å². The molecule has 84 valence electrons. The lowest BCUT2D eigenvalue weighted by Crippen LogP contribution is -2.31. The lowest BCUT2D eigenvalue weighted by atomic mass is 9.68. The number of allylic oxidation sites excluding steroid dienone is 2. The first kappa shape index (κ1) is 11.2. The standard InChI is InChI=1S/C14H12N2O/c15-9-14(10-16,12-2-1-3-12)8-11-4-6-13(17)7-5-11/h1-2,4-7,12,17H,3,8H2. The molecule has 1 unspecified atom stereocenters. The predicted molar refractivity (Wildman–Crippen MR) is 62.7 cm³/mol. The monoisotopic (exact) mass is 224 g/mol. The van der Waals surface area contributed by atoms with Crippen LogP contribution in [0.3, 0.4) is 0 Å². The van der Waals surface area contributed by atoms with Gasteiger partial charge in [-0.3, -0.25) is 0 Å². The summed E-state index contributed by atoms with van der Waals surface area (Å²) in [6.07, 6.45) is 5.09. The van der Waals surface area contributed by atoms with E-state index in [-0.39, 0.29) is 11.7 Å². The van der Waals surface area contributed by atoms with Crippen molar-refractivity contribution >= 4 is 0 Å². The quantitative estimate of drug-likeness (QED) is 0.802. The van der Waals surface area contributed by atoms with Crippen molar-refractivity contribution < 1.29 is 5.11 Å². The molecule has 1 aromatic rings. The molecule has 0 spiro atoms. The Labute approximate surface area is 100 Å². The molecular weight excluding hydrogens is 212 g/mol. The Bertz CT molecular complexity index is 503. The van der Waals surface area contributed by atoms with Crippen molar-refractivity contribution in [3.05, 3.63) is 42.0 Å². The van der Waals surface area contributed by atoms with Crippen LogP contribution in [0.4, 0.5) is 0 Å². The Morgan fingerprint density at radius 2 is 1.82 bits per heavy atom. The fourth-order valence-electron chi connectivity index (χ4n) is 1.97. The Balaban J connectivity index is 2.25. The number of phenolic OH excluding ortho intramolecular Hbond substituents is 1. The van der Waals surface area contributed by atoms with E-state index in [1.165, 1.54) is 0 Å². The molecule has 2 rings (SSSR count). The molecule has 1 aliphatic carbocycles. The molecule has 0 fully saturated rings. The number of hydrogen-bond donors (Lipinski definition) is 1. The van der Waals surface area contributed by atoms with Gasteiger partial charge in [-0.2, -0.15) is 10.5 Å². The molecule has 1 atom stereocenters. The van der Waals surface area contributed by atoms with Gasteiger partial charge in [-0.1, -0.05) is 24.3 Å². The highest BCUT2D eigenvalue weighted by atomic mass is 16.3. The van der Waals surface area contributed by atoms with Crippen molar-refractivity contribution in [3.8, 4) is 17.9 Å². The van der Waals surface area contributed by atoms with Gasteiger partial charge in [0.05, 0.1) is 12.1 Å². The van der Waals surface area contributed by atoms with Crippen molar-refractivity contribution in [2.24, 2.45) is 11.3 Å². The first-order valence-corrected chi connectivity index (χ1v) is 5.47. The first-order valence-electron chi connectivity index (χ1n) is 5.47. The smallest absolute Gasteiger partial charge is 0.154 e. The van der Waals surface area contributed by atoms with Gasteiger partial charge in [0, 0.05) is 12.3 Å². The molecule has 1 N–H and O–H groups in total. The second-order valence-corrected chi connectivity index (χ2v) is 4.31. The summed E-state index contributed by atoms with van der Waals surface area (Å²) in [5.41, 5.74) is -0.0858. The van der Waals surface area contributed by atoms with Gasteiger partial charge >= 0.3 is 0 Å². The van der Waals surface area contributed by atoms with E-state index in [2.05, 4.69) is 12.1 Å². The Morgan fingerprint density at radius 1 is 1.24 bits per heavy atom. The molecule has 0 saturated heterocycles. The summed E-state index contributed by atoms with van der Waals surface area (Å²) < 4.78 is 0. The molecule has 17 heavy (non-hydrogen) atoms. The van der Waals surface area contributed by atoms with Crippen LogP contribution in [0.2, 0.25) is 0 Å². The van der Waals surface area contributed by atoms with Crippen molar-refractivity contribution in [1.29, 1.82) is 10.5 Å². The summed E-state index contributed by atoms with van der Waals surface area (Å²) in [5.74, 6) is 0.211. The zero-order valence-electron chi connectivity index (χ0n) is 9.30. The molecule has 1 aliphatic rings. The Kier molecular flexibility index (Phi) is 2.85. The summed E-state index contributed by atoms with van der Waals surface area (Å²) in [4.78, 5) is 0. The molecule has 0 bridgehead atoms. The minimum absolute atomic E-state index is 0.0197. The van der Waals surface area contributed by atoms with E-state index in [0.29, 0.717) is 6.42 Å². The minimum Gasteiger partial charge on any atom is -0.508 e. The maximum atomic E-state index is 9.27. The third-order valence-corrected chi connectivity index (χ3v) is 3.21. The largest absolute Gasteiger partial charge is 0.508 e. The summed E-state index contributed by atoms with van der Waals surface area (Å²) in [6, 6.07) is 11.0. The first-order chi connectivity index (χ1) is 8.20. The van der Waals surface area contributed by atoms with Crippen molar-refractivity contribution in [2.75, 3.05) is 0 Å². The maximum absolute atomic E-state index is 9.27. The van der Waals surface area contributed by atoms with Crippen LogP contribution in [0.15, 0.2) is 36.4 Å². The van der Waals surface area contributed by atoms with E-state index >= 15 is 0 Å². The molecule has 0 aliphatic heterocycles. The number of rotatable bonds is 3. The number of aromatic hydroxyl groups is 1. The van der Waals surface area contributed by atoms with Crippen molar-refractivity contribution in [1.82, 2.24) is 0 Å². The summed E-state index contributed by atoms with van der Waals surface area (Å²) in [5, 5.41) is 27.7.